The molecule has 2 aromatic carbocycles. The van der Waals surface area contributed by atoms with E-state index in [1.165, 1.54) is 43.2 Å². The highest BCUT2D eigenvalue weighted by atomic mass is 35.5. The van der Waals surface area contributed by atoms with Gasteiger partial charge in [-0.05, 0) is 94.2 Å². The summed E-state index contributed by atoms with van der Waals surface area (Å²) in [5.41, 5.74) is 4.08. The molecule has 0 saturated heterocycles. The summed E-state index contributed by atoms with van der Waals surface area (Å²) in [4.78, 5) is 11.8. The van der Waals surface area contributed by atoms with Crippen LogP contribution in [0.3, 0.4) is 0 Å². The van der Waals surface area contributed by atoms with Gasteiger partial charge < -0.3 is 10.1 Å². The minimum Gasteiger partial charge on any atom is -0.444 e. The van der Waals surface area contributed by atoms with Crippen LogP contribution in [-0.4, -0.2) is 17.2 Å². The highest BCUT2D eigenvalue weighted by Crippen LogP contribution is 2.37. The third-order valence-corrected chi connectivity index (χ3v) is 5.85. The van der Waals surface area contributed by atoms with E-state index in [1.54, 1.807) is 0 Å². The van der Waals surface area contributed by atoms with Crippen molar-refractivity contribution in [3.8, 4) is 0 Å². The zero-order valence-corrected chi connectivity index (χ0v) is 23.1. The average Bonchev–Trinajstić information content (AvgIpc) is 2.80. The van der Waals surface area contributed by atoms with Gasteiger partial charge in [-0.2, -0.15) is 0 Å². The van der Waals surface area contributed by atoms with Gasteiger partial charge in [0.1, 0.15) is 5.60 Å². The molecule has 4 nitrogen and oxygen atoms in total. The van der Waals surface area contributed by atoms with Crippen LogP contribution in [0.2, 0.25) is 5.02 Å². The molecule has 2 N–H and O–H groups in total. The van der Waals surface area contributed by atoms with Crippen molar-refractivity contribution in [2.75, 3.05) is 10.6 Å². The van der Waals surface area contributed by atoms with Crippen LogP contribution in [-0.2, 0) is 4.74 Å². The molecule has 1 aliphatic rings. The van der Waals surface area contributed by atoms with Crippen LogP contribution in [0.25, 0.3) is 0 Å². The molecule has 0 heterocycles. The fourth-order valence-electron chi connectivity index (χ4n) is 3.81. The molecule has 0 atom stereocenters. The summed E-state index contributed by atoms with van der Waals surface area (Å²) < 4.78 is 5.26. The second-order valence-corrected chi connectivity index (χ2v) is 9.82. The Morgan fingerprint density at radius 2 is 1.68 bits per heavy atom. The van der Waals surface area contributed by atoms with Crippen molar-refractivity contribution in [1.29, 1.82) is 0 Å². The number of halogens is 1. The number of hydrogen-bond acceptors (Lipinski definition) is 3. The first-order valence-electron chi connectivity index (χ1n) is 12.3. The normalized spacial score (nSPS) is 17.1. The number of nitrogens with one attached hydrogen (secondary N) is 2. The van der Waals surface area contributed by atoms with Gasteiger partial charge in [0, 0.05) is 16.4 Å². The Morgan fingerprint density at radius 3 is 2.18 bits per heavy atom. The topological polar surface area (TPSA) is 50.4 Å². The largest absolute Gasteiger partial charge is 0.444 e. The molecule has 0 aromatic heterocycles. The van der Waals surface area contributed by atoms with Crippen molar-refractivity contribution in [3.05, 3.63) is 59.1 Å². The fourth-order valence-corrected chi connectivity index (χ4v) is 4.14. The third-order valence-electron chi connectivity index (χ3n) is 5.50. The Bertz CT molecular complexity index is 857. The highest BCUT2D eigenvalue weighted by Gasteiger charge is 2.21. The van der Waals surface area contributed by atoms with E-state index in [9.17, 15) is 4.79 Å². The van der Waals surface area contributed by atoms with Crippen molar-refractivity contribution < 1.29 is 9.53 Å². The van der Waals surface area contributed by atoms with E-state index < -0.39 is 11.7 Å². The van der Waals surface area contributed by atoms with Crippen LogP contribution < -0.4 is 10.6 Å². The monoisotopic (exact) mass is 504 g/mol. The molecule has 188 valence electrons. The van der Waals surface area contributed by atoms with Crippen molar-refractivity contribution >= 4 is 46.8 Å². The maximum Gasteiger partial charge on any atom is 0.412 e. The smallest absolute Gasteiger partial charge is 0.412 e. The number of carbonyl (C=O) groups excluding carboxylic acids is 1. The van der Waals surface area contributed by atoms with Gasteiger partial charge in [0.05, 0.1) is 5.49 Å². The molecule has 1 amide bonds. The van der Waals surface area contributed by atoms with Gasteiger partial charge in [0.2, 0.25) is 0 Å². The molecule has 1 fully saturated rings. The van der Waals surface area contributed by atoms with Gasteiger partial charge in [-0.15, -0.1) is 0 Å². The number of thiocarbonyl (C=S) groups is 1. The summed E-state index contributed by atoms with van der Waals surface area (Å²) in [7, 11) is 0. The molecule has 0 unspecified atom stereocenters. The van der Waals surface area contributed by atoms with Crippen LogP contribution in [0.5, 0.6) is 0 Å². The van der Waals surface area contributed by atoms with E-state index in [0.29, 0.717) is 10.9 Å². The number of rotatable bonds is 5. The van der Waals surface area contributed by atoms with E-state index in [-0.39, 0.29) is 0 Å². The lowest BCUT2D eigenvalue weighted by atomic mass is 9.78. The second kappa shape index (κ2) is 15.7. The molecule has 2 aromatic rings. The highest BCUT2D eigenvalue weighted by molar-refractivity contribution is 7.79. The average molecular weight is 505 g/mol. The second-order valence-electron chi connectivity index (χ2n) is 9.15. The molecule has 1 saturated carbocycles. The molecule has 3 rings (SSSR count). The van der Waals surface area contributed by atoms with E-state index in [4.69, 9.17) is 16.3 Å². The third kappa shape index (κ3) is 11.8. The molecular formula is C28H41ClN2O2S. The van der Waals surface area contributed by atoms with Gasteiger partial charge in [-0.3, -0.25) is 5.32 Å². The van der Waals surface area contributed by atoms with Crippen molar-refractivity contribution in [1.82, 2.24) is 0 Å². The van der Waals surface area contributed by atoms with Crippen LogP contribution in [0.15, 0.2) is 48.5 Å². The summed E-state index contributed by atoms with van der Waals surface area (Å²) in [6.45, 7) is 11.9. The molecule has 1 aliphatic carbocycles. The summed E-state index contributed by atoms with van der Waals surface area (Å²) in [5.74, 6) is 1.60. The minimum atomic E-state index is -0.470. The lowest BCUT2D eigenvalue weighted by Gasteiger charge is -2.28. The summed E-state index contributed by atoms with van der Waals surface area (Å²) in [6.07, 6.45) is 6.18. The van der Waals surface area contributed by atoms with Crippen molar-refractivity contribution in [2.24, 2.45) is 5.92 Å². The first kappa shape index (κ1) is 29.9. The summed E-state index contributed by atoms with van der Waals surface area (Å²) in [6, 6.07) is 15.6. The van der Waals surface area contributed by atoms with Gasteiger partial charge in [-0.25, -0.2) is 4.79 Å². The zero-order valence-electron chi connectivity index (χ0n) is 21.5. The minimum absolute atomic E-state index is 0.399. The van der Waals surface area contributed by atoms with E-state index in [0.717, 1.165) is 17.3 Å². The Kier molecular flexibility index (Phi) is 13.8. The van der Waals surface area contributed by atoms with Crippen molar-refractivity contribution in [3.63, 3.8) is 0 Å². The molecule has 6 heteroatoms. The lowest BCUT2D eigenvalue weighted by Crippen LogP contribution is -2.27. The van der Waals surface area contributed by atoms with Gasteiger partial charge in [0.15, 0.2) is 0 Å². The maximum absolute atomic E-state index is 11.8. The standard InChI is InChI=1S/C19H29NO2.C7H6ClNS.C2H6/c1-5-14-6-8-15(9-7-14)16-10-12-17(13-11-16)20-18(21)22-19(2,3)4;8-6-2-1-3-7(4-6)9-5-10;1-2/h10-15H,5-9H2,1-4H3,(H,20,21);1-5H,(H,9,10);1-2H3. The van der Waals surface area contributed by atoms with E-state index in [1.807, 2.05) is 71.0 Å². The predicted octanol–water partition coefficient (Wildman–Crippen LogP) is 9.45. The molecule has 0 radical (unpaired) electrons. The Morgan fingerprint density at radius 1 is 1.06 bits per heavy atom. The lowest BCUT2D eigenvalue weighted by molar-refractivity contribution is 0.0636. The van der Waals surface area contributed by atoms with Crippen LogP contribution in [0.4, 0.5) is 16.2 Å². The zero-order chi connectivity index (χ0) is 25.6. The van der Waals surface area contributed by atoms with Crippen LogP contribution >= 0.6 is 23.8 Å². The predicted molar refractivity (Wildman–Crippen MR) is 151 cm³/mol. The SMILES string of the molecule is CC.CCC1CCC(c2ccc(NC(=O)OC(C)(C)C)cc2)CC1.S=CNc1cccc(Cl)c1. The molecule has 0 aliphatic heterocycles. The number of hydrogen-bond donors (Lipinski definition) is 2. The van der Waals surface area contributed by atoms with Crippen LogP contribution in [0, 0.1) is 5.92 Å². The number of anilines is 2. The molecule has 0 spiro atoms. The molecule has 0 bridgehead atoms. The van der Waals surface area contributed by atoms with Crippen molar-refractivity contribution in [2.45, 2.75) is 85.2 Å². The van der Waals surface area contributed by atoms with E-state index >= 15 is 0 Å². The first-order valence-corrected chi connectivity index (χ1v) is 13.1. The van der Waals surface area contributed by atoms with Gasteiger partial charge >= 0.3 is 6.09 Å². The Balaban J connectivity index is 0.000000402. The fraction of sp³-hybridized carbons (Fsp3) is 0.500. The Labute approximate surface area is 216 Å². The number of ether oxygens (including phenoxy) is 1. The van der Waals surface area contributed by atoms with Gasteiger partial charge in [-0.1, -0.05) is 69.2 Å². The number of benzene rings is 2. The first-order chi connectivity index (χ1) is 16.2. The van der Waals surface area contributed by atoms with Crippen LogP contribution in [0.1, 0.15) is 85.1 Å². The Hall–Kier alpha value is -2.11. The summed E-state index contributed by atoms with van der Waals surface area (Å²) >= 11 is 10.3. The van der Waals surface area contributed by atoms with E-state index in [2.05, 4.69) is 41.9 Å². The summed E-state index contributed by atoms with van der Waals surface area (Å²) in [5, 5.41) is 6.35. The van der Waals surface area contributed by atoms with Gasteiger partial charge in [0.25, 0.3) is 0 Å². The maximum atomic E-state index is 11.8. The quantitative estimate of drug-likeness (QED) is 0.398. The number of amides is 1. The molecule has 34 heavy (non-hydrogen) atoms. The number of carbonyl (C=O) groups is 1. The molecular weight excluding hydrogens is 464 g/mol.